The number of halogens is 1. The Bertz CT molecular complexity index is 1190. The highest BCUT2D eigenvalue weighted by molar-refractivity contribution is 9.10. The van der Waals surface area contributed by atoms with Gasteiger partial charge >= 0.3 is 5.69 Å². The van der Waals surface area contributed by atoms with Gasteiger partial charge in [0.1, 0.15) is 5.69 Å². The van der Waals surface area contributed by atoms with Crippen molar-refractivity contribution in [2.75, 3.05) is 5.43 Å². The number of non-ortho nitro benzene ring substituents is 1. The third-order valence-corrected chi connectivity index (χ3v) is 5.18. The Morgan fingerprint density at radius 1 is 1.00 bits per heavy atom. The molecule has 0 aliphatic heterocycles. The van der Waals surface area contributed by atoms with E-state index in [4.69, 9.17) is 0 Å². The monoisotopic (exact) mass is 494 g/mol. The summed E-state index contributed by atoms with van der Waals surface area (Å²) in [7, 11) is 0. The Kier molecular flexibility index (Phi) is 7.45. The number of nitro groups is 2. The number of hydrogen-bond acceptors (Lipinski definition) is 6. The number of aryl methyl sites for hydroxylation is 1. The van der Waals surface area contributed by atoms with Gasteiger partial charge in [-0.1, -0.05) is 65.3 Å². The SMILES string of the molecule is CCc1ccc(C(/C=C/c2ccc(Br)cc2)=N/Nc2ccc([N+](=O)[O-])cc2[N+](=O)[O-])cc1. The van der Waals surface area contributed by atoms with Crippen LogP contribution in [-0.4, -0.2) is 15.6 Å². The van der Waals surface area contributed by atoms with Crippen LogP contribution in [0.25, 0.3) is 6.08 Å². The molecule has 0 saturated heterocycles. The Labute approximate surface area is 192 Å². The second-order valence-electron chi connectivity index (χ2n) is 6.76. The molecule has 0 aromatic heterocycles. The lowest BCUT2D eigenvalue weighted by Crippen LogP contribution is -2.04. The highest BCUT2D eigenvalue weighted by Crippen LogP contribution is 2.29. The number of hydrogen-bond donors (Lipinski definition) is 1. The molecule has 0 atom stereocenters. The minimum absolute atomic E-state index is 0.0559. The largest absolute Gasteiger partial charge is 0.301 e. The van der Waals surface area contributed by atoms with Gasteiger partial charge in [0.05, 0.1) is 21.6 Å². The summed E-state index contributed by atoms with van der Waals surface area (Å²) in [5.74, 6) is 0. The van der Waals surface area contributed by atoms with Gasteiger partial charge in [0.2, 0.25) is 0 Å². The molecule has 0 fully saturated rings. The van der Waals surface area contributed by atoms with E-state index in [0.29, 0.717) is 5.71 Å². The van der Waals surface area contributed by atoms with Crippen LogP contribution in [0.3, 0.4) is 0 Å². The van der Waals surface area contributed by atoms with Gasteiger partial charge in [-0.05, 0) is 41.8 Å². The number of hydrazone groups is 1. The lowest BCUT2D eigenvalue weighted by molar-refractivity contribution is -0.393. The molecule has 1 N–H and O–H groups in total. The van der Waals surface area contributed by atoms with Gasteiger partial charge in [0, 0.05) is 16.1 Å². The van der Waals surface area contributed by atoms with Crippen LogP contribution >= 0.6 is 15.9 Å². The molecule has 3 aromatic rings. The molecule has 0 unspecified atom stereocenters. The summed E-state index contributed by atoms with van der Waals surface area (Å²) in [6.45, 7) is 2.06. The molecule has 0 aliphatic rings. The van der Waals surface area contributed by atoms with Crippen LogP contribution in [0.5, 0.6) is 0 Å². The zero-order chi connectivity index (χ0) is 23.1. The standard InChI is InChI=1S/C23H19BrN4O4/c1-2-16-3-8-18(9-4-16)21(13-7-17-5-10-19(24)11-6-17)25-26-22-14-12-20(27(29)30)15-23(22)28(31)32/h3-15,26H,2H2,1H3/b13-7+,25-21+. The van der Waals surface area contributed by atoms with Gasteiger partial charge < -0.3 is 0 Å². The third kappa shape index (κ3) is 5.86. The normalized spacial score (nSPS) is 11.5. The van der Waals surface area contributed by atoms with Gasteiger partial charge in [0.25, 0.3) is 5.69 Å². The third-order valence-electron chi connectivity index (χ3n) is 4.65. The summed E-state index contributed by atoms with van der Waals surface area (Å²) in [4.78, 5) is 21.0. The number of anilines is 1. The molecule has 0 amide bonds. The summed E-state index contributed by atoms with van der Waals surface area (Å²) in [6, 6.07) is 18.9. The van der Waals surface area contributed by atoms with E-state index >= 15 is 0 Å². The van der Waals surface area contributed by atoms with Crippen molar-refractivity contribution in [2.45, 2.75) is 13.3 Å². The average Bonchev–Trinajstić information content (AvgIpc) is 2.80. The highest BCUT2D eigenvalue weighted by atomic mass is 79.9. The maximum atomic E-state index is 11.4. The Morgan fingerprint density at radius 3 is 2.28 bits per heavy atom. The van der Waals surface area contributed by atoms with Crippen molar-refractivity contribution >= 4 is 44.8 Å². The van der Waals surface area contributed by atoms with E-state index in [1.165, 1.54) is 17.7 Å². The number of benzene rings is 3. The minimum Gasteiger partial charge on any atom is -0.271 e. The second-order valence-corrected chi connectivity index (χ2v) is 7.68. The Morgan fingerprint density at radius 2 is 1.69 bits per heavy atom. The molecule has 162 valence electrons. The van der Waals surface area contributed by atoms with E-state index in [1.807, 2.05) is 54.6 Å². The van der Waals surface area contributed by atoms with Crippen LogP contribution in [0.15, 0.2) is 82.4 Å². The first-order valence-electron chi connectivity index (χ1n) is 9.67. The first-order chi connectivity index (χ1) is 15.4. The molecule has 9 heteroatoms. The summed E-state index contributed by atoms with van der Waals surface area (Å²) in [5.41, 5.74) is 5.44. The van der Waals surface area contributed by atoms with Gasteiger partial charge in [0.15, 0.2) is 0 Å². The maximum absolute atomic E-state index is 11.4. The number of nitrogens with zero attached hydrogens (tertiary/aromatic N) is 3. The van der Waals surface area contributed by atoms with Gasteiger partial charge in [-0.2, -0.15) is 5.10 Å². The van der Waals surface area contributed by atoms with Crippen molar-refractivity contribution in [1.29, 1.82) is 0 Å². The lowest BCUT2D eigenvalue weighted by Gasteiger charge is -2.07. The van der Waals surface area contributed by atoms with Gasteiger partial charge in [-0.3, -0.25) is 25.7 Å². The van der Waals surface area contributed by atoms with Crippen LogP contribution in [0.4, 0.5) is 17.1 Å². The van der Waals surface area contributed by atoms with E-state index in [9.17, 15) is 20.2 Å². The summed E-state index contributed by atoms with van der Waals surface area (Å²) >= 11 is 3.40. The van der Waals surface area contributed by atoms with E-state index < -0.39 is 15.5 Å². The van der Waals surface area contributed by atoms with E-state index in [0.717, 1.165) is 28.1 Å². The fourth-order valence-corrected chi connectivity index (χ4v) is 3.12. The summed E-state index contributed by atoms with van der Waals surface area (Å²) in [5, 5.41) is 26.7. The van der Waals surface area contributed by atoms with Crippen molar-refractivity contribution < 1.29 is 9.85 Å². The van der Waals surface area contributed by atoms with Crippen LogP contribution in [0, 0.1) is 20.2 Å². The zero-order valence-corrected chi connectivity index (χ0v) is 18.7. The molecular weight excluding hydrogens is 476 g/mol. The topological polar surface area (TPSA) is 111 Å². The molecule has 3 aromatic carbocycles. The predicted octanol–water partition coefficient (Wildman–Crippen LogP) is 6.36. The maximum Gasteiger partial charge on any atom is 0.301 e. The fourth-order valence-electron chi connectivity index (χ4n) is 2.86. The minimum atomic E-state index is -0.682. The Balaban J connectivity index is 1.97. The Hall–Kier alpha value is -3.85. The van der Waals surface area contributed by atoms with E-state index in [1.54, 1.807) is 6.08 Å². The fraction of sp³-hybridized carbons (Fsp3) is 0.0870. The number of nitrogens with one attached hydrogen (secondary N) is 1. The predicted molar refractivity (Wildman–Crippen MR) is 129 cm³/mol. The molecule has 0 radical (unpaired) electrons. The molecule has 0 aliphatic carbocycles. The van der Waals surface area contributed by atoms with Crippen LogP contribution < -0.4 is 5.43 Å². The summed E-state index contributed by atoms with van der Waals surface area (Å²) in [6.07, 6.45) is 4.58. The molecule has 32 heavy (non-hydrogen) atoms. The molecule has 0 bridgehead atoms. The van der Waals surface area contributed by atoms with Crippen molar-refractivity contribution in [3.8, 4) is 0 Å². The van der Waals surface area contributed by atoms with Crippen molar-refractivity contribution in [3.63, 3.8) is 0 Å². The molecular formula is C23H19BrN4O4. The molecule has 0 spiro atoms. The smallest absolute Gasteiger partial charge is 0.271 e. The van der Waals surface area contributed by atoms with Crippen LogP contribution in [0.1, 0.15) is 23.6 Å². The number of rotatable bonds is 8. The van der Waals surface area contributed by atoms with Gasteiger partial charge in [-0.15, -0.1) is 0 Å². The highest BCUT2D eigenvalue weighted by Gasteiger charge is 2.19. The van der Waals surface area contributed by atoms with Gasteiger partial charge in [-0.25, -0.2) is 0 Å². The quantitative estimate of drug-likeness (QED) is 0.222. The van der Waals surface area contributed by atoms with E-state index in [-0.39, 0.29) is 11.4 Å². The number of nitro benzene ring substituents is 2. The van der Waals surface area contributed by atoms with Crippen molar-refractivity contribution in [3.05, 3.63) is 114 Å². The lowest BCUT2D eigenvalue weighted by atomic mass is 10.1. The van der Waals surface area contributed by atoms with Crippen LogP contribution in [0.2, 0.25) is 0 Å². The zero-order valence-electron chi connectivity index (χ0n) is 17.1. The molecule has 8 nitrogen and oxygen atoms in total. The van der Waals surface area contributed by atoms with Crippen molar-refractivity contribution in [2.24, 2.45) is 5.10 Å². The number of allylic oxidation sites excluding steroid dienone is 1. The van der Waals surface area contributed by atoms with E-state index in [2.05, 4.69) is 33.4 Å². The first-order valence-corrected chi connectivity index (χ1v) is 10.5. The first kappa shape index (κ1) is 22.8. The molecule has 0 saturated carbocycles. The average molecular weight is 495 g/mol. The van der Waals surface area contributed by atoms with Crippen LogP contribution in [-0.2, 0) is 6.42 Å². The second kappa shape index (κ2) is 10.5. The molecule has 3 rings (SSSR count). The summed E-state index contributed by atoms with van der Waals surface area (Å²) < 4.78 is 0.964. The van der Waals surface area contributed by atoms with Crippen molar-refractivity contribution in [1.82, 2.24) is 0 Å². The molecule has 0 heterocycles.